The van der Waals surface area contributed by atoms with Crippen LogP contribution in [0.3, 0.4) is 0 Å². The molecule has 0 aliphatic rings. The zero-order valence-corrected chi connectivity index (χ0v) is 13.8. The minimum Gasteiger partial charge on any atom is -0.389 e. The van der Waals surface area contributed by atoms with Crippen molar-refractivity contribution in [1.29, 1.82) is 0 Å². The number of para-hydroxylation sites is 1. The van der Waals surface area contributed by atoms with Crippen LogP contribution in [0.2, 0.25) is 5.15 Å². The summed E-state index contributed by atoms with van der Waals surface area (Å²) < 4.78 is 1.82. The summed E-state index contributed by atoms with van der Waals surface area (Å²) in [7, 11) is 0. The largest absolute Gasteiger partial charge is 0.389 e. The van der Waals surface area contributed by atoms with Gasteiger partial charge in [-0.05, 0) is 19.1 Å². The Kier molecular flexibility index (Phi) is 4.47. The highest BCUT2D eigenvalue weighted by Crippen LogP contribution is 2.24. The number of amides is 1. The summed E-state index contributed by atoms with van der Waals surface area (Å²) >= 11 is 7.55. The molecule has 0 fully saturated rings. The van der Waals surface area contributed by atoms with Gasteiger partial charge in [0.05, 0.1) is 11.8 Å². The number of carbonyl (C=O) groups excluding carboxylic acids is 1. The fourth-order valence-electron chi connectivity index (χ4n) is 2.23. The van der Waals surface area contributed by atoms with E-state index in [0.717, 1.165) is 4.96 Å². The van der Waals surface area contributed by atoms with Gasteiger partial charge in [-0.1, -0.05) is 29.8 Å². The van der Waals surface area contributed by atoms with Gasteiger partial charge in [0, 0.05) is 28.9 Å². The number of aliphatic hydroxyl groups is 1. The first-order valence-corrected chi connectivity index (χ1v) is 8.19. The molecule has 3 aromatic rings. The number of aliphatic hydroxyl groups excluding tert-OH is 1. The molecular formula is C16H14ClN3O2S. The molecule has 7 heteroatoms. The number of carbonyl (C=O) groups is 1. The molecular weight excluding hydrogens is 334 g/mol. The van der Waals surface area contributed by atoms with Crippen LogP contribution in [0.4, 0.5) is 5.69 Å². The Labute approximate surface area is 141 Å². The van der Waals surface area contributed by atoms with Gasteiger partial charge in [-0.15, -0.1) is 11.3 Å². The summed E-state index contributed by atoms with van der Waals surface area (Å²) in [5.41, 5.74) is 1.90. The molecule has 2 aromatic heterocycles. The SMILES string of the molecule is CC(O)c1ccccc1NC(=O)/C=C/c1c(Cl)nc2sccn12. The number of thiazole rings is 1. The lowest BCUT2D eigenvalue weighted by Gasteiger charge is -2.11. The highest BCUT2D eigenvalue weighted by atomic mass is 35.5. The predicted octanol–water partition coefficient (Wildman–Crippen LogP) is 3.75. The Morgan fingerprint density at radius 3 is 3.04 bits per heavy atom. The predicted molar refractivity (Wildman–Crippen MR) is 92.8 cm³/mol. The van der Waals surface area contributed by atoms with E-state index in [0.29, 0.717) is 22.1 Å². The molecule has 0 saturated carbocycles. The molecule has 0 bridgehead atoms. The van der Waals surface area contributed by atoms with Crippen LogP contribution in [0.15, 0.2) is 41.9 Å². The van der Waals surface area contributed by atoms with E-state index in [1.54, 1.807) is 31.2 Å². The summed E-state index contributed by atoms with van der Waals surface area (Å²) in [6.45, 7) is 1.65. The molecule has 2 heterocycles. The van der Waals surface area contributed by atoms with E-state index < -0.39 is 6.10 Å². The number of benzene rings is 1. The van der Waals surface area contributed by atoms with Crippen molar-refractivity contribution in [3.63, 3.8) is 0 Å². The standard InChI is InChI=1S/C16H14ClN3O2S/c1-10(21)11-4-2-3-5-12(11)18-14(22)7-6-13-15(17)19-16-20(13)8-9-23-16/h2-10,21H,1H3,(H,18,22)/b7-6+. The Balaban J connectivity index is 1.80. The van der Waals surface area contributed by atoms with E-state index in [9.17, 15) is 9.90 Å². The lowest BCUT2D eigenvalue weighted by atomic mass is 10.1. The quantitative estimate of drug-likeness (QED) is 0.706. The summed E-state index contributed by atoms with van der Waals surface area (Å²) in [6, 6.07) is 7.13. The highest BCUT2D eigenvalue weighted by Gasteiger charge is 2.10. The van der Waals surface area contributed by atoms with Crippen molar-refractivity contribution in [2.45, 2.75) is 13.0 Å². The van der Waals surface area contributed by atoms with Crippen molar-refractivity contribution in [2.75, 3.05) is 5.32 Å². The third-order valence-electron chi connectivity index (χ3n) is 3.32. The van der Waals surface area contributed by atoms with Crippen molar-refractivity contribution >= 4 is 45.6 Å². The van der Waals surface area contributed by atoms with Crippen molar-refractivity contribution in [1.82, 2.24) is 9.38 Å². The highest BCUT2D eigenvalue weighted by molar-refractivity contribution is 7.15. The van der Waals surface area contributed by atoms with Crippen molar-refractivity contribution in [3.8, 4) is 0 Å². The van der Waals surface area contributed by atoms with E-state index in [-0.39, 0.29) is 5.91 Å². The molecule has 1 atom stereocenters. The number of hydrogen-bond donors (Lipinski definition) is 2. The Morgan fingerprint density at radius 1 is 1.48 bits per heavy atom. The van der Waals surface area contributed by atoms with Crippen LogP contribution in [0, 0.1) is 0 Å². The number of rotatable bonds is 4. The summed E-state index contributed by atoms with van der Waals surface area (Å²) in [6.07, 6.45) is 4.20. The lowest BCUT2D eigenvalue weighted by Crippen LogP contribution is -2.10. The Morgan fingerprint density at radius 2 is 2.26 bits per heavy atom. The zero-order chi connectivity index (χ0) is 16.4. The first kappa shape index (κ1) is 15.7. The van der Waals surface area contributed by atoms with Gasteiger partial charge in [0.1, 0.15) is 0 Å². The van der Waals surface area contributed by atoms with Crippen molar-refractivity contribution in [2.24, 2.45) is 0 Å². The van der Waals surface area contributed by atoms with Crippen LogP contribution >= 0.6 is 22.9 Å². The van der Waals surface area contributed by atoms with Gasteiger partial charge in [0.2, 0.25) is 5.91 Å². The van der Waals surface area contributed by atoms with Gasteiger partial charge in [-0.2, -0.15) is 0 Å². The smallest absolute Gasteiger partial charge is 0.248 e. The summed E-state index contributed by atoms with van der Waals surface area (Å²) in [5, 5.41) is 14.7. The monoisotopic (exact) mass is 347 g/mol. The first-order chi connectivity index (χ1) is 11.1. The lowest BCUT2D eigenvalue weighted by molar-refractivity contribution is -0.111. The van der Waals surface area contributed by atoms with Gasteiger partial charge < -0.3 is 10.4 Å². The number of nitrogens with one attached hydrogen (secondary N) is 1. The molecule has 5 nitrogen and oxygen atoms in total. The van der Waals surface area contributed by atoms with Crippen molar-refractivity contribution in [3.05, 3.63) is 58.3 Å². The van der Waals surface area contributed by atoms with Crippen LogP contribution in [0.25, 0.3) is 11.0 Å². The van der Waals surface area contributed by atoms with Crippen LogP contribution in [-0.4, -0.2) is 20.4 Å². The molecule has 2 N–H and O–H groups in total. The minimum atomic E-state index is -0.662. The molecule has 1 aromatic carbocycles. The summed E-state index contributed by atoms with van der Waals surface area (Å²) in [5.74, 6) is -0.306. The van der Waals surface area contributed by atoms with Gasteiger partial charge in [0.15, 0.2) is 10.1 Å². The zero-order valence-electron chi connectivity index (χ0n) is 12.2. The third kappa shape index (κ3) is 3.29. The number of hydrogen-bond acceptors (Lipinski definition) is 4. The number of nitrogens with zero attached hydrogens (tertiary/aromatic N) is 2. The maximum Gasteiger partial charge on any atom is 0.248 e. The third-order valence-corrected chi connectivity index (χ3v) is 4.35. The van der Waals surface area contributed by atoms with E-state index in [1.165, 1.54) is 17.4 Å². The minimum absolute atomic E-state index is 0.306. The average Bonchev–Trinajstić information content (AvgIpc) is 3.06. The molecule has 1 unspecified atom stereocenters. The maximum absolute atomic E-state index is 12.1. The first-order valence-electron chi connectivity index (χ1n) is 6.93. The van der Waals surface area contributed by atoms with Crippen molar-refractivity contribution < 1.29 is 9.90 Å². The average molecular weight is 348 g/mol. The van der Waals surface area contributed by atoms with Crippen LogP contribution in [0.5, 0.6) is 0 Å². The molecule has 1 amide bonds. The molecule has 0 aliphatic heterocycles. The Bertz CT molecular complexity index is 882. The van der Waals surface area contributed by atoms with Crippen LogP contribution < -0.4 is 5.32 Å². The molecule has 3 rings (SSSR count). The number of imidazole rings is 1. The number of anilines is 1. The van der Waals surface area contributed by atoms with E-state index in [2.05, 4.69) is 10.3 Å². The summed E-state index contributed by atoms with van der Waals surface area (Å²) in [4.78, 5) is 17.1. The topological polar surface area (TPSA) is 66.6 Å². The molecule has 0 saturated heterocycles. The van der Waals surface area contributed by atoms with Gasteiger partial charge >= 0.3 is 0 Å². The molecule has 0 spiro atoms. The maximum atomic E-state index is 12.1. The number of aromatic nitrogens is 2. The van der Waals surface area contributed by atoms with E-state index >= 15 is 0 Å². The second kappa shape index (κ2) is 6.54. The van der Waals surface area contributed by atoms with Gasteiger partial charge in [-0.25, -0.2) is 4.98 Å². The Hall–Kier alpha value is -2.15. The number of fused-ring (bicyclic) bond motifs is 1. The van der Waals surface area contributed by atoms with Gasteiger partial charge in [0.25, 0.3) is 0 Å². The van der Waals surface area contributed by atoms with Gasteiger partial charge in [-0.3, -0.25) is 9.20 Å². The fourth-order valence-corrected chi connectivity index (χ4v) is 3.24. The molecule has 23 heavy (non-hydrogen) atoms. The van der Waals surface area contributed by atoms with E-state index in [1.807, 2.05) is 22.0 Å². The second-order valence-corrected chi connectivity index (χ2v) is 6.16. The van der Waals surface area contributed by atoms with Crippen LogP contribution in [0.1, 0.15) is 24.3 Å². The number of halogens is 1. The van der Waals surface area contributed by atoms with Crippen LogP contribution in [-0.2, 0) is 4.79 Å². The molecule has 118 valence electrons. The molecule has 0 aliphatic carbocycles. The van der Waals surface area contributed by atoms with E-state index in [4.69, 9.17) is 11.6 Å². The fraction of sp³-hybridized carbons (Fsp3) is 0.125. The second-order valence-electron chi connectivity index (χ2n) is 4.93. The normalized spacial score (nSPS) is 12.8. The molecule has 0 radical (unpaired) electrons.